The Morgan fingerprint density at radius 2 is 2.13 bits per heavy atom. The van der Waals surface area contributed by atoms with Crippen molar-refractivity contribution in [3.05, 3.63) is 28.8 Å². The number of hydrogen-bond acceptors (Lipinski definition) is 5. The van der Waals surface area contributed by atoms with Gasteiger partial charge >= 0.3 is 6.09 Å². The average Bonchev–Trinajstić information content (AvgIpc) is 2.67. The van der Waals surface area contributed by atoms with Gasteiger partial charge in [0, 0.05) is 33.2 Å². The number of morpholine rings is 1. The minimum atomic E-state index is -0.496. The molecule has 0 aromatic heterocycles. The van der Waals surface area contributed by atoms with E-state index in [0.717, 1.165) is 42.5 Å². The summed E-state index contributed by atoms with van der Waals surface area (Å²) in [5, 5.41) is 0.742. The van der Waals surface area contributed by atoms with Gasteiger partial charge in [-0.25, -0.2) is 4.79 Å². The Balaban J connectivity index is 1.56. The Bertz CT molecular complexity index is 716. The summed E-state index contributed by atoms with van der Waals surface area (Å²) in [5.41, 5.74) is 1.64. The standard InChI is InChI=1S/C23H35ClN2O4/c1-23(2,3)30-22(27)26-9-11-29-19(15-26)12-17-7-8-21(20(24)13-17)25(4)14-18-6-5-10-28-16-18/h7-8,13,18-19H,5-6,9-12,14-16H2,1-4H3/t18-,19?/m1/s1. The maximum atomic E-state index is 12.4. The van der Waals surface area contributed by atoms with Crippen molar-refractivity contribution in [3.8, 4) is 0 Å². The van der Waals surface area contributed by atoms with Gasteiger partial charge in [-0.3, -0.25) is 0 Å². The molecular formula is C23H35ClN2O4. The molecule has 2 fully saturated rings. The molecule has 2 atom stereocenters. The Morgan fingerprint density at radius 1 is 1.33 bits per heavy atom. The monoisotopic (exact) mass is 438 g/mol. The fourth-order valence-corrected chi connectivity index (χ4v) is 4.37. The second-order valence-corrected chi connectivity index (χ2v) is 9.78. The topological polar surface area (TPSA) is 51.2 Å². The lowest BCUT2D eigenvalue weighted by Crippen LogP contribution is -2.48. The van der Waals surface area contributed by atoms with Crippen molar-refractivity contribution < 1.29 is 19.0 Å². The van der Waals surface area contributed by atoms with E-state index in [1.54, 1.807) is 4.90 Å². The summed E-state index contributed by atoms with van der Waals surface area (Å²) in [4.78, 5) is 16.3. The second-order valence-electron chi connectivity index (χ2n) is 9.37. The maximum Gasteiger partial charge on any atom is 0.410 e. The molecule has 0 saturated carbocycles. The molecule has 7 heteroatoms. The summed E-state index contributed by atoms with van der Waals surface area (Å²) in [5.74, 6) is 0.550. The first-order valence-electron chi connectivity index (χ1n) is 10.9. The molecule has 1 unspecified atom stereocenters. The minimum absolute atomic E-state index is 0.0645. The van der Waals surface area contributed by atoms with Crippen LogP contribution >= 0.6 is 11.6 Å². The maximum absolute atomic E-state index is 12.4. The van der Waals surface area contributed by atoms with Crippen molar-refractivity contribution in [1.29, 1.82) is 0 Å². The van der Waals surface area contributed by atoms with E-state index in [9.17, 15) is 4.79 Å². The van der Waals surface area contributed by atoms with Gasteiger partial charge in [-0.05, 0) is 57.2 Å². The summed E-state index contributed by atoms with van der Waals surface area (Å²) >= 11 is 6.61. The van der Waals surface area contributed by atoms with Gasteiger partial charge in [0.15, 0.2) is 0 Å². The molecule has 2 aliphatic rings. The molecule has 1 amide bonds. The van der Waals surface area contributed by atoms with Crippen LogP contribution < -0.4 is 4.90 Å². The number of carbonyl (C=O) groups excluding carboxylic acids is 1. The fourth-order valence-electron chi connectivity index (χ4n) is 4.02. The lowest BCUT2D eigenvalue weighted by Gasteiger charge is -2.34. The largest absolute Gasteiger partial charge is 0.444 e. The van der Waals surface area contributed by atoms with E-state index in [-0.39, 0.29) is 12.2 Å². The summed E-state index contributed by atoms with van der Waals surface area (Å²) in [6, 6.07) is 6.20. The average molecular weight is 439 g/mol. The molecule has 30 heavy (non-hydrogen) atoms. The Morgan fingerprint density at radius 3 is 2.80 bits per heavy atom. The number of ether oxygens (including phenoxy) is 3. The molecule has 0 aliphatic carbocycles. The van der Waals surface area contributed by atoms with Crippen LogP contribution in [0, 0.1) is 5.92 Å². The van der Waals surface area contributed by atoms with Crippen molar-refractivity contribution in [1.82, 2.24) is 4.90 Å². The Labute approximate surface area is 185 Å². The first-order chi connectivity index (χ1) is 14.2. The van der Waals surface area contributed by atoms with Gasteiger partial charge in [-0.15, -0.1) is 0 Å². The summed E-state index contributed by atoms with van der Waals surface area (Å²) < 4.78 is 17.0. The van der Waals surface area contributed by atoms with Crippen molar-refractivity contribution >= 4 is 23.4 Å². The van der Waals surface area contributed by atoms with Gasteiger partial charge in [0.25, 0.3) is 0 Å². The van der Waals surface area contributed by atoms with Crippen molar-refractivity contribution in [2.75, 3.05) is 51.4 Å². The van der Waals surface area contributed by atoms with Crippen LogP contribution in [-0.2, 0) is 20.6 Å². The zero-order valence-corrected chi connectivity index (χ0v) is 19.4. The quantitative estimate of drug-likeness (QED) is 0.682. The SMILES string of the molecule is CN(C[C@H]1CCCOC1)c1ccc(CC2CN(C(=O)OC(C)(C)C)CCO2)cc1Cl. The normalized spacial score (nSPS) is 22.6. The first-order valence-corrected chi connectivity index (χ1v) is 11.3. The van der Waals surface area contributed by atoms with Gasteiger partial charge in [0.1, 0.15) is 5.60 Å². The molecule has 0 spiro atoms. The third-order valence-electron chi connectivity index (χ3n) is 5.46. The highest BCUT2D eigenvalue weighted by atomic mass is 35.5. The summed E-state index contributed by atoms with van der Waals surface area (Å²) in [6.07, 6.45) is 2.70. The van der Waals surface area contributed by atoms with E-state index in [1.807, 2.05) is 26.8 Å². The molecule has 3 rings (SSSR count). The Kier molecular flexibility index (Phi) is 7.88. The number of benzene rings is 1. The van der Waals surface area contributed by atoms with Gasteiger partial charge in [-0.2, -0.15) is 0 Å². The highest BCUT2D eigenvalue weighted by molar-refractivity contribution is 6.33. The van der Waals surface area contributed by atoms with E-state index in [2.05, 4.69) is 24.1 Å². The van der Waals surface area contributed by atoms with Crippen molar-refractivity contribution in [2.24, 2.45) is 5.92 Å². The molecular weight excluding hydrogens is 404 g/mol. The molecule has 2 saturated heterocycles. The number of halogens is 1. The van der Waals surface area contributed by atoms with Gasteiger partial charge in [0.05, 0.1) is 36.6 Å². The van der Waals surface area contributed by atoms with Crippen LogP contribution in [0.15, 0.2) is 18.2 Å². The minimum Gasteiger partial charge on any atom is -0.444 e. The van der Waals surface area contributed by atoms with Crippen LogP contribution in [0.1, 0.15) is 39.2 Å². The van der Waals surface area contributed by atoms with Crippen LogP contribution in [0.2, 0.25) is 5.02 Å². The number of hydrogen-bond donors (Lipinski definition) is 0. The third kappa shape index (κ3) is 6.76. The number of amides is 1. The van der Waals surface area contributed by atoms with E-state index in [1.165, 1.54) is 6.42 Å². The van der Waals surface area contributed by atoms with E-state index >= 15 is 0 Å². The van der Waals surface area contributed by atoms with E-state index < -0.39 is 5.60 Å². The summed E-state index contributed by atoms with van der Waals surface area (Å²) in [6.45, 7) is 9.88. The summed E-state index contributed by atoms with van der Waals surface area (Å²) in [7, 11) is 2.08. The van der Waals surface area contributed by atoms with Crippen LogP contribution in [0.5, 0.6) is 0 Å². The van der Waals surface area contributed by atoms with E-state index in [4.69, 9.17) is 25.8 Å². The number of carbonyl (C=O) groups is 1. The van der Waals surface area contributed by atoms with Crippen molar-refractivity contribution in [3.63, 3.8) is 0 Å². The molecule has 2 aliphatic heterocycles. The molecule has 0 radical (unpaired) electrons. The Hall–Kier alpha value is -1.50. The molecule has 0 bridgehead atoms. The van der Waals surface area contributed by atoms with Crippen LogP contribution in [0.4, 0.5) is 10.5 Å². The highest BCUT2D eigenvalue weighted by Gasteiger charge is 2.28. The molecule has 0 N–H and O–H groups in total. The smallest absolute Gasteiger partial charge is 0.410 e. The number of anilines is 1. The van der Waals surface area contributed by atoms with E-state index in [0.29, 0.717) is 32.0 Å². The third-order valence-corrected chi connectivity index (χ3v) is 5.77. The molecule has 6 nitrogen and oxygen atoms in total. The van der Waals surface area contributed by atoms with Gasteiger partial charge < -0.3 is 24.0 Å². The molecule has 168 valence electrons. The second kappa shape index (κ2) is 10.2. The fraction of sp³-hybridized carbons (Fsp3) is 0.696. The van der Waals surface area contributed by atoms with Crippen LogP contribution in [0.3, 0.4) is 0 Å². The predicted octanol–water partition coefficient (Wildman–Crippen LogP) is 4.38. The predicted molar refractivity (Wildman–Crippen MR) is 120 cm³/mol. The van der Waals surface area contributed by atoms with Crippen molar-refractivity contribution in [2.45, 2.75) is 51.7 Å². The zero-order chi connectivity index (χ0) is 21.7. The first kappa shape index (κ1) is 23.2. The van der Waals surface area contributed by atoms with Gasteiger partial charge in [0.2, 0.25) is 0 Å². The molecule has 1 aromatic carbocycles. The molecule has 2 heterocycles. The highest BCUT2D eigenvalue weighted by Crippen LogP contribution is 2.29. The molecule has 1 aromatic rings. The van der Waals surface area contributed by atoms with Crippen LogP contribution in [-0.4, -0.2) is 69.2 Å². The van der Waals surface area contributed by atoms with Gasteiger partial charge in [-0.1, -0.05) is 17.7 Å². The lowest BCUT2D eigenvalue weighted by molar-refractivity contribution is -0.0415. The number of nitrogens with zero attached hydrogens (tertiary/aromatic N) is 2. The number of rotatable bonds is 5. The van der Waals surface area contributed by atoms with Crippen LogP contribution in [0.25, 0.3) is 0 Å². The lowest BCUT2D eigenvalue weighted by atomic mass is 10.0. The zero-order valence-electron chi connectivity index (χ0n) is 18.7.